The van der Waals surface area contributed by atoms with Crippen LogP contribution in [0.5, 0.6) is 0 Å². The quantitative estimate of drug-likeness (QED) is 0.0444. The maximum Gasteiger partial charge on any atom is 0.226 e. The van der Waals surface area contributed by atoms with Crippen LogP contribution < -0.4 is 38.9 Å². The molecular weight excluding hydrogens is 769 g/mol. The zero-order valence-corrected chi connectivity index (χ0v) is 34.8. The van der Waals surface area contributed by atoms with Crippen molar-refractivity contribution in [3.63, 3.8) is 0 Å². The van der Waals surface area contributed by atoms with Crippen LogP contribution in [0.3, 0.4) is 0 Å². The number of aromatic amines is 1. The number of aliphatic hydroxyl groups excluding tert-OH is 2. The third-order valence-electron chi connectivity index (χ3n) is 10.8. The smallest absolute Gasteiger partial charge is 0.226 e. The van der Waals surface area contributed by atoms with Crippen LogP contribution in [0.2, 0.25) is 0 Å². The maximum absolute atomic E-state index is 14.3. The average Bonchev–Trinajstić information content (AvgIpc) is 3.66. The van der Waals surface area contributed by atoms with Crippen LogP contribution in [0.25, 0.3) is 10.9 Å². The highest BCUT2D eigenvalue weighted by atomic mass is 16.3. The lowest BCUT2D eigenvalue weighted by Crippen LogP contribution is -2.49. The van der Waals surface area contributed by atoms with Gasteiger partial charge in [0.15, 0.2) is 17.3 Å². The largest absolute Gasteiger partial charge is 0.396 e. The van der Waals surface area contributed by atoms with E-state index in [2.05, 4.69) is 20.9 Å². The van der Waals surface area contributed by atoms with Crippen molar-refractivity contribution in [1.29, 1.82) is 0 Å². The number of carbonyl (C=O) groups is 6. The Morgan fingerprint density at radius 3 is 1.68 bits per heavy atom. The Morgan fingerprint density at radius 1 is 0.617 bits per heavy atom. The van der Waals surface area contributed by atoms with E-state index < -0.39 is 78.9 Å². The average molecular weight is 835 g/mol. The molecule has 3 aromatic rings. The van der Waals surface area contributed by atoms with Gasteiger partial charge in [0, 0.05) is 54.2 Å². The molecule has 0 bridgehead atoms. The summed E-state index contributed by atoms with van der Waals surface area (Å²) in [7, 11) is 0. The fraction of sp³-hybridized carbons (Fsp3) is 0.545. The molecule has 7 atom stereocenters. The number of carbonyl (C=O) groups excluding carboxylic acids is 6. The summed E-state index contributed by atoms with van der Waals surface area (Å²) in [5.41, 5.74) is 25.5. The normalized spacial score (nSPS) is 14.9. The van der Waals surface area contributed by atoms with Crippen molar-refractivity contribution in [2.75, 3.05) is 32.8 Å². The summed E-state index contributed by atoms with van der Waals surface area (Å²) in [6, 6.07) is 13.2. The Bertz CT molecular complexity index is 1820. The van der Waals surface area contributed by atoms with E-state index in [1.54, 1.807) is 12.1 Å². The number of benzene rings is 2. The molecule has 330 valence electrons. The molecule has 16 heteroatoms. The number of fused-ring (bicyclic) bond motifs is 1. The van der Waals surface area contributed by atoms with Crippen LogP contribution in [-0.2, 0) is 41.6 Å². The third kappa shape index (κ3) is 16.0. The van der Waals surface area contributed by atoms with Gasteiger partial charge in [-0.2, -0.15) is 0 Å². The van der Waals surface area contributed by atoms with E-state index in [4.69, 9.17) is 22.9 Å². The van der Waals surface area contributed by atoms with Gasteiger partial charge in [0.1, 0.15) is 0 Å². The van der Waals surface area contributed by atoms with Crippen molar-refractivity contribution in [2.24, 2.45) is 40.7 Å². The summed E-state index contributed by atoms with van der Waals surface area (Å²) in [4.78, 5) is 85.3. The van der Waals surface area contributed by atoms with Crippen molar-refractivity contribution in [3.8, 4) is 0 Å². The highest BCUT2D eigenvalue weighted by Crippen LogP contribution is 2.24. The molecule has 60 heavy (non-hydrogen) atoms. The Labute approximate surface area is 352 Å². The highest BCUT2D eigenvalue weighted by Gasteiger charge is 2.34. The number of H-pyrrole nitrogens is 1. The first-order valence-corrected chi connectivity index (χ1v) is 21.0. The Morgan fingerprint density at radius 2 is 1.12 bits per heavy atom. The number of nitrogens with one attached hydrogen (secondary N) is 4. The predicted molar refractivity (Wildman–Crippen MR) is 230 cm³/mol. The van der Waals surface area contributed by atoms with E-state index >= 15 is 0 Å². The van der Waals surface area contributed by atoms with Crippen molar-refractivity contribution in [1.82, 2.24) is 20.9 Å². The molecule has 0 saturated carbocycles. The minimum absolute atomic E-state index is 0.130. The van der Waals surface area contributed by atoms with E-state index in [1.807, 2.05) is 55.6 Å². The van der Waals surface area contributed by atoms with Gasteiger partial charge in [-0.3, -0.25) is 28.8 Å². The van der Waals surface area contributed by atoms with Crippen LogP contribution in [0.4, 0.5) is 0 Å². The van der Waals surface area contributed by atoms with Gasteiger partial charge in [0.2, 0.25) is 17.7 Å². The SMILES string of the molecule is C[C@H](CCCN)NC(=O)[C@@H](CC(=O)[C@H](CCCN)NC(=O)[C@@H](CC(=O)[C@H](CCCN)NC(=O)[C@H](CO)CC(=O)[C@@H](N)CO)Cc1ccccc1)Cc1c[nH]c2ccccc12. The molecule has 1 aromatic heterocycles. The predicted octanol–water partition coefficient (Wildman–Crippen LogP) is 0.682. The number of aliphatic hydroxyl groups is 2. The van der Waals surface area contributed by atoms with Crippen molar-refractivity contribution >= 4 is 46.0 Å². The second-order valence-corrected chi connectivity index (χ2v) is 15.7. The Hall–Kier alpha value is -4.84. The first-order chi connectivity index (χ1) is 28.8. The zero-order chi connectivity index (χ0) is 44.0. The van der Waals surface area contributed by atoms with Gasteiger partial charge in [-0.1, -0.05) is 48.5 Å². The number of hydrogen-bond acceptors (Lipinski definition) is 12. The fourth-order valence-corrected chi connectivity index (χ4v) is 7.19. The number of amides is 3. The number of para-hydroxylation sites is 1. The third-order valence-corrected chi connectivity index (χ3v) is 10.8. The minimum atomic E-state index is -1.22. The standard InChI is InChI=1S/C44H66N8O8/c1-28(10-7-17-45)50-42(58)31(21-32-25-49-36-14-6-5-13-34(32)36)23-41(57)37(15-8-18-46)51-43(59)30(20-29-11-3-2-4-12-29)22-40(56)38(16-9-19-47)52-44(60)33(26-53)24-39(55)35(48)27-54/h2-6,11-14,25,28,30-31,33,35,37-38,49,53-54H,7-10,15-24,26-27,45-48H2,1H3,(H,50,58)(H,51,59)(H,52,60)/t28-,30-,31-,33+,35+,37+,38+/m1/s1. The van der Waals surface area contributed by atoms with Crippen molar-refractivity contribution in [2.45, 2.75) is 102 Å². The zero-order valence-electron chi connectivity index (χ0n) is 34.8. The fourth-order valence-electron chi connectivity index (χ4n) is 7.19. The molecule has 16 nitrogen and oxygen atoms in total. The van der Waals surface area contributed by atoms with Gasteiger partial charge in [-0.25, -0.2) is 0 Å². The molecule has 3 rings (SSSR count). The number of hydrogen-bond donors (Lipinski definition) is 10. The Balaban J connectivity index is 1.88. The Kier molecular flexibility index (Phi) is 21.8. The summed E-state index contributed by atoms with van der Waals surface area (Å²) in [6.07, 6.45) is 3.78. The van der Waals surface area contributed by atoms with Gasteiger partial charge in [-0.05, 0) is 95.1 Å². The molecular formula is C44H66N8O8. The summed E-state index contributed by atoms with van der Waals surface area (Å²) in [5.74, 6) is -6.03. The second-order valence-electron chi connectivity index (χ2n) is 15.7. The van der Waals surface area contributed by atoms with E-state index in [0.717, 1.165) is 28.5 Å². The van der Waals surface area contributed by atoms with Gasteiger partial charge >= 0.3 is 0 Å². The number of aromatic nitrogens is 1. The minimum Gasteiger partial charge on any atom is -0.396 e. The maximum atomic E-state index is 14.3. The van der Waals surface area contributed by atoms with E-state index in [0.29, 0.717) is 25.8 Å². The van der Waals surface area contributed by atoms with Crippen LogP contribution in [0.15, 0.2) is 60.8 Å². The summed E-state index contributed by atoms with van der Waals surface area (Å²) < 4.78 is 0. The molecule has 2 aromatic carbocycles. The molecule has 0 aliphatic carbocycles. The number of ketones is 3. The van der Waals surface area contributed by atoms with Crippen LogP contribution in [-0.4, -0.2) is 107 Å². The topological polar surface area (TPSA) is 299 Å². The molecule has 0 aliphatic rings. The highest BCUT2D eigenvalue weighted by molar-refractivity contribution is 5.97. The molecule has 0 aliphatic heterocycles. The van der Waals surface area contributed by atoms with Crippen molar-refractivity contribution < 1.29 is 39.0 Å². The summed E-state index contributed by atoms with van der Waals surface area (Å²) >= 11 is 0. The molecule has 14 N–H and O–H groups in total. The molecule has 1 heterocycles. The number of Topliss-reactive ketones (excluding diaryl/α,β-unsaturated/α-hetero) is 3. The first-order valence-electron chi connectivity index (χ1n) is 21.0. The van der Waals surface area contributed by atoms with Gasteiger partial charge in [-0.15, -0.1) is 0 Å². The monoisotopic (exact) mass is 835 g/mol. The second kappa shape index (κ2) is 26.4. The van der Waals surface area contributed by atoms with Gasteiger partial charge in [0.05, 0.1) is 37.3 Å². The molecule has 3 amide bonds. The lowest BCUT2D eigenvalue weighted by Gasteiger charge is -2.26. The molecule has 0 unspecified atom stereocenters. The van der Waals surface area contributed by atoms with Gasteiger partial charge < -0.3 is 54.1 Å². The van der Waals surface area contributed by atoms with Crippen molar-refractivity contribution in [3.05, 3.63) is 71.9 Å². The molecule has 0 spiro atoms. The van der Waals surface area contributed by atoms with E-state index in [-0.39, 0.29) is 69.3 Å². The van der Waals surface area contributed by atoms with Crippen LogP contribution in [0.1, 0.15) is 75.8 Å². The number of nitrogens with two attached hydrogens (primary N) is 4. The molecule has 0 fully saturated rings. The van der Waals surface area contributed by atoms with Crippen LogP contribution in [0, 0.1) is 17.8 Å². The van der Waals surface area contributed by atoms with Gasteiger partial charge in [0.25, 0.3) is 0 Å². The van der Waals surface area contributed by atoms with Crippen LogP contribution >= 0.6 is 0 Å². The first kappa shape index (κ1) is 49.5. The summed E-state index contributed by atoms with van der Waals surface area (Å²) in [6.45, 7) is 1.49. The van der Waals surface area contributed by atoms with E-state index in [1.165, 1.54) is 0 Å². The number of rotatable bonds is 30. The molecule has 0 saturated heterocycles. The lowest BCUT2D eigenvalue weighted by molar-refractivity contribution is -0.136. The summed E-state index contributed by atoms with van der Waals surface area (Å²) in [5, 5.41) is 28.7. The lowest BCUT2D eigenvalue weighted by atomic mass is 9.88. The molecule has 0 radical (unpaired) electrons. The van der Waals surface area contributed by atoms with E-state index in [9.17, 15) is 39.0 Å².